The molecule has 2 unspecified atom stereocenters. The van der Waals surface area contributed by atoms with Gasteiger partial charge in [0.15, 0.2) is 0 Å². The summed E-state index contributed by atoms with van der Waals surface area (Å²) >= 11 is 0. The summed E-state index contributed by atoms with van der Waals surface area (Å²) < 4.78 is 0. The monoisotopic (exact) mass is 345 g/mol. The lowest BCUT2D eigenvalue weighted by Gasteiger charge is -2.61. The number of rotatable bonds is 4. The lowest BCUT2D eigenvalue weighted by atomic mass is 9.46. The van der Waals surface area contributed by atoms with Gasteiger partial charge >= 0.3 is 0 Å². The molecule has 5 aliphatic carbocycles. The molecule has 0 aliphatic heterocycles. The highest BCUT2D eigenvalue weighted by Crippen LogP contribution is 2.63. The van der Waals surface area contributed by atoms with Crippen molar-refractivity contribution in [3.63, 3.8) is 0 Å². The van der Waals surface area contributed by atoms with Crippen LogP contribution < -0.4 is 5.32 Å². The fourth-order valence-corrected chi connectivity index (χ4v) is 7.67. The molecule has 2 nitrogen and oxygen atoms in total. The Hall–Kier alpha value is -0.530. The minimum absolute atomic E-state index is 0.370. The van der Waals surface area contributed by atoms with Gasteiger partial charge in [0.2, 0.25) is 5.91 Å². The molecule has 2 heteroatoms. The van der Waals surface area contributed by atoms with Crippen molar-refractivity contribution in [2.24, 2.45) is 34.5 Å². The molecule has 4 bridgehead atoms. The van der Waals surface area contributed by atoms with Crippen molar-refractivity contribution in [3.8, 4) is 0 Å². The maximum atomic E-state index is 12.7. The first-order chi connectivity index (χ1) is 11.8. The van der Waals surface area contributed by atoms with Gasteiger partial charge in [-0.15, -0.1) is 0 Å². The molecule has 1 amide bonds. The van der Waals surface area contributed by atoms with Crippen molar-refractivity contribution < 1.29 is 4.79 Å². The highest BCUT2D eigenvalue weighted by atomic mass is 16.1. The van der Waals surface area contributed by atoms with E-state index in [1.165, 1.54) is 70.6 Å². The number of amides is 1. The Kier molecular flexibility index (Phi) is 4.69. The third kappa shape index (κ3) is 3.93. The lowest BCUT2D eigenvalue weighted by Crippen LogP contribution is -2.59. The summed E-state index contributed by atoms with van der Waals surface area (Å²) in [7, 11) is 0. The van der Waals surface area contributed by atoms with Gasteiger partial charge < -0.3 is 5.32 Å². The third-order valence-corrected chi connectivity index (χ3v) is 7.83. The molecule has 25 heavy (non-hydrogen) atoms. The summed E-state index contributed by atoms with van der Waals surface area (Å²) in [6.45, 7) is 7.24. The van der Waals surface area contributed by atoms with E-state index in [1.807, 2.05) is 0 Å². The van der Waals surface area contributed by atoms with Gasteiger partial charge in [0.25, 0.3) is 0 Å². The number of hydrogen-bond donors (Lipinski definition) is 1. The summed E-state index contributed by atoms with van der Waals surface area (Å²) in [5, 5.41) is 3.55. The van der Waals surface area contributed by atoms with Crippen LogP contribution in [0.1, 0.15) is 97.8 Å². The zero-order chi connectivity index (χ0) is 17.7. The normalized spacial score (nSPS) is 41.1. The van der Waals surface area contributed by atoms with Gasteiger partial charge in [0.1, 0.15) is 0 Å². The Morgan fingerprint density at radius 3 is 2.24 bits per heavy atom. The van der Waals surface area contributed by atoms with E-state index in [9.17, 15) is 4.79 Å². The van der Waals surface area contributed by atoms with E-state index in [2.05, 4.69) is 26.1 Å². The minimum atomic E-state index is 0.370. The Morgan fingerprint density at radius 1 is 1.00 bits per heavy atom. The summed E-state index contributed by atoms with van der Waals surface area (Å²) in [6.07, 6.45) is 15.8. The largest absolute Gasteiger partial charge is 0.353 e. The molecule has 0 aromatic heterocycles. The van der Waals surface area contributed by atoms with Crippen molar-refractivity contribution in [1.82, 2.24) is 5.32 Å². The van der Waals surface area contributed by atoms with Gasteiger partial charge in [-0.05, 0) is 85.9 Å². The van der Waals surface area contributed by atoms with Crippen LogP contribution in [-0.4, -0.2) is 11.9 Å². The molecule has 0 aromatic carbocycles. The van der Waals surface area contributed by atoms with Crippen LogP contribution in [0.25, 0.3) is 0 Å². The highest BCUT2D eigenvalue weighted by molar-refractivity contribution is 5.76. The van der Waals surface area contributed by atoms with Crippen LogP contribution in [0.3, 0.4) is 0 Å². The second kappa shape index (κ2) is 6.57. The molecule has 2 atom stereocenters. The molecule has 0 heterocycles. The van der Waals surface area contributed by atoms with E-state index in [4.69, 9.17) is 0 Å². The van der Waals surface area contributed by atoms with E-state index < -0.39 is 0 Å². The van der Waals surface area contributed by atoms with Crippen molar-refractivity contribution in [3.05, 3.63) is 0 Å². The molecule has 5 saturated carbocycles. The fourth-order valence-electron chi connectivity index (χ4n) is 7.67. The summed E-state index contributed by atoms with van der Waals surface area (Å²) in [4.78, 5) is 12.7. The predicted octanol–water partition coefficient (Wildman–Crippen LogP) is 5.70. The predicted molar refractivity (Wildman–Crippen MR) is 103 cm³/mol. The Morgan fingerprint density at radius 2 is 1.64 bits per heavy atom. The first-order valence-corrected chi connectivity index (χ1v) is 11.1. The van der Waals surface area contributed by atoms with Crippen LogP contribution in [0.2, 0.25) is 0 Å². The average molecular weight is 346 g/mol. The number of carbonyl (C=O) groups is 1. The Bertz CT molecular complexity index is 483. The van der Waals surface area contributed by atoms with E-state index in [-0.39, 0.29) is 0 Å². The van der Waals surface area contributed by atoms with Crippen LogP contribution in [-0.2, 0) is 4.79 Å². The lowest BCUT2D eigenvalue weighted by molar-refractivity contribution is -0.131. The smallest absolute Gasteiger partial charge is 0.220 e. The second-order valence-electron chi connectivity index (χ2n) is 11.5. The minimum Gasteiger partial charge on any atom is -0.353 e. The zero-order valence-electron chi connectivity index (χ0n) is 16.8. The number of carbonyl (C=O) groups excluding carboxylic acids is 1. The molecule has 142 valence electrons. The van der Waals surface area contributed by atoms with Crippen LogP contribution in [0.5, 0.6) is 0 Å². The standard InChI is InChI=1S/C23H39NO/c1-22(2,3)15-23-12-17-9-18(13-23)21(19(10-17)14-23)24-20(25)11-16-7-5-4-6-8-16/h16-19,21H,4-15H2,1-3H3,(H,24,25). The molecule has 1 N–H and O–H groups in total. The summed E-state index contributed by atoms with van der Waals surface area (Å²) in [5.74, 6) is 3.52. The van der Waals surface area contributed by atoms with Crippen molar-refractivity contribution >= 4 is 5.91 Å². The van der Waals surface area contributed by atoms with Gasteiger partial charge in [0.05, 0.1) is 0 Å². The van der Waals surface area contributed by atoms with Crippen LogP contribution in [0.15, 0.2) is 0 Å². The maximum Gasteiger partial charge on any atom is 0.220 e. The topological polar surface area (TPSA) is 29.1 Å². The molecule has 5 fully saturated rings. The molecule has 5 rings (SSSR count). The van der Waals surface area contributed by atoms with Gasteiger partial charge in [-0.25, -0.2) is 0 Å². The SMILES string of the molecule is CC(C)(C)CC12CC3CC(C1)C(NC(=O)CC1CCCCC1)C(C3)C2. The van der Waals surface area contributed by atoms with E-state index >= 15 is 0 Å². The molecular formula is C23H39NO. The molecule has 0 saturated heterocycles. The van der Waals surface area contributed by atoms with Gasteiger partial charge in [-0.1, -0.05) is 40.0 Å². The van der Waals surface area contributed by atoms with Crippen molar-refractivity contribution in [2.75, 3.05) is 0 Å². The second-order valence-corrected chi connectivity index (χ2v) is 11.5. The van der Waals surface area contributed by atoms with E-state index in [1.54, 1.807) is 0 Å². The maximum absolute atomic E-state index is 12.7. The molecule has 5 aliphatic rings. The quantitative estimate of drug-likeness (QED) is 0.695. The summed E-state index contributed by atoms with van der Waals surface area (Å²) in [5.41, 5.74) is 1.03. The van der Waals surface area contributed by atoms with Crippen molar-refractivity contribution in [2.45, 2.75) is 104 Å². The first-order valence-electron chi connectivity index (χ1n) is 11.1. The number of nitrogens with one attached hydrogen (secondary N) is 1. The van der Waals surface area contributed by atoms with Crippen LogP contribution in [0, 0.1) is 34.5 Å². The zero-order valence-corrected chi connectivity index (χ0v) is 16.8. The highest BCUT2D eigenvalue weighted by Gasteiger charge is 2.56. The van der Waals surface area contributed by atoms with E-state index in [0.717, 1.165) is 24.2 Å². The van der Waals surface area contributed by atoms with Gasteiger partial charge in [-0.2, -0.15) is 0 Å². The van der Waals surface area contributed by atoms with Gasteiger partial charge in [-0.3, -0.25) is 4.79 Å². The summed E-state index contributed by atoms with van der Waals surface area (Å²) in [6, 6.07) is 0.501. The Balaban J connectivity index is 1.38. The molecular weight excluding hydrogens is 306 g/mol. The fraction of sp³-hybridized carbons (Fsp3) is 0.957. The molecule has 0 spiro atoms. The molecule has 0 aromatic rings. The van der Waals surface area contributed by atoms with Gasteiger partial charge in [0, 0.05) is 12.5 Å². The van der Waals surface area contributed by atoms with Crippen LogP contribution in [0.4, 0.5) is 0 Å². The third-order valence-electron chi connectivity index (χ3n) is 7.83. The van der Waals surface area contributed by atoms with Crippen molar-refractivity contribution in [1.29, 1.82) is 0 Å². The average Bonchev–Trinajstić information content (AvgIpc) is 2.49. The number of hydrogen-bond acceptors (Lipinski definition) is 1. The van der Waals surface area contributed by atoms with Crippen LogP contribution >= 0.6 is 0 Å². The first kappa shape index (κ1) is 17.9. The van der Waals surface area contributed by atoms with E-state index in [0.29, 0.717) is 28.7 Å². The molecule has 0 radical (unpaired) electrons. The Labute approximate surface area is 154 Å².